The summed E-state index contributed by atoms with van der Waals surface area (Å²) in [4.78, 5) is 12.6. The molecule has 3 aromatic rings. The molecular formula is C25H28N2O5S. The van der Waals surface area contributed by atoms with Crippen LogP contribution in [0, 0.1) is 13.8 Å². The number of anilines is 1. The average Bonchev–Trinajstić information content (AvgIpc) is 2.81. The van der Waals surface area contributed by atoms with E-state index >= 15 is 0 Å². The predicted molar refractivity (Wildman–Crippen MR) is 127 cm³/mol. The number of sulfonamides is 1. The molecule has 0 bridgehead atoms. The third-order valence-electron chi connectivity index (χ3n) is 5.09. The molecule has 8 heteroatoms. The first-order chi connectivity index (χ1) is 15.8. The summed E-state index contributed by atoms with van der Waals surface area (Å²) < 4.78 is 34.5. The van der Waals surface area contributed by atoms with Crippen LogP contribution in [-0.4, -0.2) is 26.1 Å². The number of aryl methyl sites for hydroxylation is 2. The Balaban J connectivity index is 2.16. The van der Waals surface area contributed by atoms with Crippen LogP contribution >= 0.6 is 0 Å². The second-order valence-corrected chi connectivity index (χ2v) is 9.60. The fourth-order valence-electron chi connectivity index (χ4n) is 3.61. The summed E-state index contributed by atoms with van der Waals surface area (Å²) >= 11 is 0. The summed E-state index contributed by atoms with van der Waals surface area (Å²) in [6, 6.07) is 18.7. The highest BCUT2D eigenvalue weighted by Crippen LogP contribution is 2.33. The van der Waals surface area contributed by atoms with E-state index < -0.39 is 15.9 Å². The Morgan fingerprint density at radius 2 is 1.70 bits per heavy atom. The zero-order valence-electron chi connectivity index (χ0n) is 18.9. The Kier molecular flexibility index (Phi) is 7.73. The van der Waals surface area contributed by atoms with Gasteiger partial charge < -0.3 is 4.74 Å². The summed E-state index contributed by atoms with van der Waals surface area (Å²) in [7, 11) is -4.07. The highest BCUT2D eigenvalue weighted by molar-refractivity contribution is 7.92. The Hall–Kier alpha value is -3.36. The number of nitrogens with one attached hydrogen (secondary N) is 1. The van der Waals surface area contributed by atoms with Crippen LogP contribution in [-0.2, 0) is 16.6 Å². The van der Waals surface area contributed by atoms with Gasteiger partial charge in [-0.3, -0.25) is 14.3 Å². The molecule has 2 N–H and O–H groups in total. The maximum atomic E-state index is 13.9. The topological polar surface area (TPSA) is 95.9 Å². The summed E-state index contributed by atoms with van der Waals surface area (Å²) in [6.45, 7) is 6.08. The molecule has 3 rings (SSSR count). The van der Waals surface area contributed by atoms with Crippen LogP contribution in [0.4, 0.5) is 5.69 Å². The van der Waals surface area contributed by atoms with Gasteiger partial charge in [0.15, 0.2) is 0 Å². The van der Waals surface area contributed by atoms with Crippen molar-refractivity contribution in [2.75, 3.05) is 10.9 Å². The molecular weight excluding hydrogens is 440 g/mol. The third kappa shape index (κ3) is 5.53. The molecule has 0 radical (unpaired) electrons. The van der Waals surface area contributed by atoms with Gasteiger partial charge in [-0.15, -0.1) is 0 Å². The number of carbonyl (C=O) groups excluding carboxylic acids is 1. The van der Waals surface area contributed by atoms with Crippen molar-refractivity contribution in [3.63, 3.8) is 0 Å². The molecule has 0 saturated heterocycles. The van der Waals surface area contributed by atoms with Gasteiger partial charge in [0.1, 0.15) is 5.75 Å². The number of hydroxylamine groups is 1. The standard InChI is InChI=1S/C25H28N2O5S/c1-4-14-32-21-10-12-22(13-11-21)33(30,31)27(17-20-8-6-5-7-9-20)24-19(3)15-18(2)16-23(24)25(28)26-29/h5-13,15-16,29H,4,14,17H2,1-3H3,(H,26,28). The van der Waals surface area contributed by atoms with Gasteiger partial charge in [0, 0.05) is 0 Å². The van der Waals surface area contributed by atoms with Crippen LogP contribution in [0.5, 0.6) is 5.75 Å². The van der Waals surface area contributed by atoms with E-state index in [9.17, 15) is 18.4 Å². The fraction of sp³-hybridized carbons (Fsp3) is 0.240. The Labute approximate surface area is 194 Å². The first kappa shape index (κ1) is 24.3. The lowest BCUT2D eigenvalue weighted by Gasteiger charge is -2.28. The van der Waals surface area contributed by atoms with Crippen LogP contribution in [0.2, 0.25) is 0 Å². The number of hydrogen-bond donors (Lipinski definition) is 2. The fourth-order valence-corrected chi connectivity index (χ4v) is 5.15. The van der Waals surface area contributed by atoms with Gasteiger partial charge >= 0.3 is 0 Å². The largest absolute Gasteiger partial charge is 0.494 e. The van der Waals surface area contributed by atoms with E-state index in [4.69, 9.17) is 4.74 Å². The van der Waals surface area contributed by atoms with Crippen LogP contribution in [0.1, 0.15) is 40.4 Å². The van der Waals surface area contributed by atoms with Gasteiger partial charge in [0.25, 0.3) is 15.9 Å². The minimum absolute atomic E-state index is 0.00681. The first-order valence-corrected chi connectivity index (χ1v) is 12.1. The normalized spacial score (nSPS) is 11.2. The van der Waals surface area contributed by atoms with Crippen molar-refractivity contribution in [2.45, 2.75) is 38.6 Å². The van der Waals surface area contributed by atoms with Crippen molar-refractivity contribution in [3.8, 4) is 5.75 Å². The molecule has 33 heavy (non-hydrogen) atoms. The van der Waals surface area contributed by atoms with Gasteiger partial charge in [0.05, 0.1) is 29.3 Å². The van der Waals surface area contributed by atoms with E-state index in [2.05, 4.69) is 0 Å². The van der Waals surface area contributed by atoms with Crippen molar-refractivity contribution in [1.82, 2.24) is 5.48 Å². The predicted octanol–water partition coefficient (Wildman–Crippen LogP) is 4.61. The highest BCUT2D eigenvalue weighted by Gasteiger charge is 2.30. The lowest BCUT2D eigenvalue weighted by atomic mass is 10.0. The highest BCUT2D eigenvalue weighted by atomic mass is 32.2. The maximum absolute atomic E-state index is 13.9. The SMILES string of the molecule is CCCOc1ccc(S(=O)(=O)N(Cc2ccccc2)c2c(C)cc(C)cc2C(=O)NO)cc1. The van der Waals surface area contributed by atoms with E-state index in [1.165, 1.54) is 16.4 Å². The van der Waals surface area contributed by atoms with E-state index in [-0.39, 0.29) is 22.7 Å². The zero-order valence-corrected chi connectivity index (χ0v) is 19.7. The number of hydrogen-bond acceptors (Lipinski definition) is 5. The molecule has 3 aromatic carbocycles. The lowest BCUT2D eigenvalue weighted by molar-refractivity contribution is 0.0707. The van der Waals surface area contributed by atoms with Crippen molar-refractivity contribution in [3.05, 3.63) is 89.0 Å². The molecule has 0 heterocycles. The van der Waals surface area contributed by atoms with Gasteiger partial charge in [-0.05, 0) is 67.3 Å². The minimum atomic E-state index is -4.07. The third-order valence-corrected chi connectivity index (χ3v) is 6.85. The quantitative estimate of drug-likeness (QED) is 0.353. The number of rotatable bonds is 9. The lowest BCUT2D eigenvalue weighted by Crippen LogP contribution is -2.34. The van der Waals surface area contributed by atoms with Gasteiger partial charge in [-0.2, -0.15) is 0 Å². The monoisotopic (exact) mass is 468 g/mol. The molecule has 0 aromatic heterocycles. The molecule has 0 saturated carbocycles. The van der Waals surface area contributed by atoms with Crippen molar-refractivity contribution in [2.24, 2.45) is 0 Å². The van der Waals surface area contributed by atoms with Crippen molar-refractivity contribution in [1.29, 1.82) is 0 Å². The molecule has 0 unspecified atom stereocenters. The van der Waals surface area contributed by atoms with Crippen molar-refractivity contribution >= 4 is 21.6 Å². The Bertz CT molecular complexity index is 1210. The Morgan fingerprint density at radius 1 is 1.03 bits per heavy atom. The summed E-state index contributed by atoms with van der Waals surface area (Å²) in [5.41, 5.74) is 4.02. The molecule has 0 aliphatic rings. The zero-order chi connectivity index (χ0) is 24.0. The summed E-state index contributed by atoms with van der Waals surface area (Å²) in [5, 5.41) is 9.31. The summed E-state index contributed by atoms with van der Waals surface area (Å²) in [5.74, 6) is -0.203. The number of nitrogens with zero attached hydrogens (tertiary/aromatic N) is 1. The van der Waals surface area contributed by atoms with E-state index in [0.717, 1.165) is 17.5 Å². The second kappa shape index (κ2) is 10.5. The molecule has 7 nitrogen and oxygen atoms in total. The number of benzene rings is 3. The van der Waals surface area contributed by atoms with E-state index in [1.54, 1.807) is 43.6 Å². The second-order valence-electron chi connectivity index (χ2n) is 7.74. The van der Waals surface area contributed by atoms with Crippen LogP contribution < -0.4 is 14.5 Å². The smallest absolute Gasteiger partial charge is 0.276 e. The number of amides is 1. The summed E-state index contributed by atoms with van der Waals surface area (Å²) in [6.07, 6.45) is 0.841. The first-order valence-electron chi connectivity index (χ1n) is 10.6. The molecule has 174 valence electrons. The van der Waals surface area contributed by atoms with Crippen LogP contribution in [0.3, 0.4) is 0 Å². The van der Waals surface area contributed by atoms with Gasteiger partial charge in [0.2, 0.25) is 0 Å². The van der Waals surface area contributed by atoms with Gasteiger partial charge in [-0.1, -0.05) is 43.3 Å². The molecule has 0 aliphatic carbocycles. The van der Waals surface area contributed by atoms with E-state index in [1.807, 2.05) is 37.3 Å². The Morgan fingerprint density at radius 3 is 2.30 bits per heavy atom. The molecule has 0 spiro atoms. The van der Waals surface area contributed by atoms with Gasteiger partial charge in [-0.25, -0.2) is 13.9 Å². The van der Waals surface area contributed by atoms with Crippen molar-refractivity contribution < 1.29 is 23.2 Å². The molecule has 1 amide bonds. The number of carbonyl (C=O) groups is 1. The molecule has 0 fully saturated rings. The maximum Gasteiger partial charge on any atom is 0.276 e. The number of ether oxygens (including phenoxy) is 1. The molecule has 0 aliphatic heterocycles. The molecule has 0 atom stereocenters. The van der Waals surface area contributed by atoms with E-state index in [0.29, 0.717) is 17.9 Å². The van der Waals surface area contributed by atoms with Crippen LogP contribution in [0.15, 0.2) is 71.6 Å². The van der Waals surface area contributed by atoms with Crippen LogP contribution in [0.25, 0.3) is 0 Å². The average molecular weight is 469 g/mol. The minimum Gasteiger partial charge on any atom is -0.494 e.